The molecule has 1 N–H and O–H groups in total. The summed E-state index contributed by atoms with van der Waals surface area (Å²) < 4.78 is 0. The van der Waals surface area contributed by atoms with Crippen LogP contribution in [0.25, 0.3) is 0 Å². The zero-order valence-corrected chi connectivity index (χ0v) is 17.5. The molecular formula is C22H32ClNO3. The third kappa shape index (κ3) is 5.25. The summed E-state index contributed by atoms with van der Waals surface area (Å²) in [5, 5.41) is 12.2. The van der Waals surface area contributed by atoms with Crippen LogP contribution in [0.5, 0.6) is 0 Å². The Labute approximate surface area is 169 Å². The predicted molar refractivity (Wildman–Crippen MR) is 111 cm³/mol. The van der Waals surface area contributed by atoms with Gasteiger partial charge in [-0.3, -0.25) is 4.84 Å². The molecule has 1 unspecified atom stereocenters. The number of carboxylic acids is 1. The number of hydroxylamine groups is 2. The van der Waals surface area contributed by atoms with Crippen molar-refractivity contribution >= 4 is 18.4 Å². The molecular weight excluding hydrogens is 362 g/mol. The molecule has 1 atom stereocenters. The van der Waals surface area contributed by atoms with Crippen LogP contribution in [0.3, 0.4) is 0 Å². The molecule has 0 heterocycles. The molecule has 1 aromatic carbocycles. The van der Waals surface area contributed by atoms with E-state index in [9.17, 15) is 9.90 Å². The van der Waals surface area contributed by atoms with Crippen molar-refractivity contribution in [2.75, 3.05) is 13.1 Å². The van der Waals surface area contributed by atoms with Crippen LogP contribution in [0.4, 0.5) is 0 Å². The number of nitrogens with zero attached hydrogens (tertiary/aromatic N) is 1. The summed E-state index contributed by atoms with van der Waals surface area (Å²) >= 11 is 0. The minimum absolute atomic E-state index is 0. The van der Waals surface area contributed by atoms with Crippen molar-refractivity contribution in [2.45, 2.75) is 64.9 Å². The highest BCUT2D eigenvalue weighted by molar-refractivity contribution is 5.85. The molecule has 0 aliphatic heterocycles. The largest absolute Gasteiger partial charge is 0.479 e. The number of hydrogen-bond acceptors (Lipinski definition) is 3. The maximum absolute atomic E-state index is 12.7. The SMILES string of the molecule is CCC#Cc1ccccc1C(ON(CC)CC)(C(=O)O)C1CCCCC1.Cl. The second kappa shape index (κ2) is 11.3. The van der Waals surface area contributed by atoms with E-state index in [2.05, 4.69) is 11.8 Å². The van der Waals surface area contributed by atoms with Crippen LogP contribution in [0.15, 0.2) is 24.3 Å². The van der Waals surface area contributed by atoms with E-state index in [-0.39, 0.29) is 18.3 Å². The van der Waals surface area contributed by atoms with E-state index in [0.29, 0.717) is 18.7 Å². The zero-order chi connectivity index (χ0) is 19.0. The Kier molecular flexibility index (Phi) is 9.87. The molecule has 27 heavy (non-hydrogen) atoms. The molecule has 1 aliphatic rings. The van der Waals surface area contributed by atoms with Gasteiger partial charge in [0.05, 0.1) is 0 Å². The summed E-state index contributed by atoms with van der Waals surface area (Å²) in [5.74, 6) is 5.28. The highest BCUT2D eigenvalue weighted by Gasteiger charge is 2.51. The highest BCUT2D eigenvalue weighted by Crippen LogP contribution is 2.44. The van der Waals surface area contributed by atoms with Crippen LogP contribution in [0.2, 0.25) is 0 Å². The summed E-state index contributed by atoms with van der Waals surface area (Å²) in [4.78, 5) is 19.0. The lowest BCUT2D eigenvalue weighted by Gasteiger charge is -2.42. The van der Waals surface area contributed by atoms with Crippen molar-refractivity contribution in [2.24, 2.45) is 5.92 Å². The predicted octanol–water partition coefficient (Wildman–Crippen LogP) is 5.00. The van der Waals surface area contributed by atoms with E-state index < -0.39 is 11.6 Å². The van der Waals surface area contributed by atoms with Crippen molar-refractivity contribution in [1.29, 1.82) is 0 Å². The molecule has 0 radical (unpaired) electrons. The number of carbonyl (C=O) groups is 1. The third-order valence-corrected chi connectivity index (χ3v) is 5.20. The lowest BCUT2D eigenvalue weighted by Crippen LogP contribution is -2.51. The number of carboxylic acid groups (broad SMARTS) is 1. The molecule has 0 amide bonds. The van der Waals surface area contributed by atoms with Gasteiger partial charge in [-0.05, 0) is 18.9 Å². The summed E-state index contributed by atoms with van der Waals surface area (Å²) in [6.07, 6.45) is 5.71. The van der Waals surface area contributed by atoms with Crippen molar-refractivity contribution in [3.8, 4) is 11.8 Å². The maximum Gasteiger partial charge on any atom is 0.343 e. The fourth-order valence-corrected chi connectivity index (χ4v) is 3.84. The Balaban J connectivity index is 0.00000364. The fraction of sp³-hybridized carbons (Fsp3) is 0.591. The lowest BCUT2D eigenvalue weighted by molar-refractivity contribution is -0.271. The summed E-state index contributed by atoms with van der Waals surface area (Å²) in [6, 6.07) is 7.59. The average Bonchev–Trinajstić information content (AvgIpc) is 2.68. The number of rotatable bonds is 7. The first-order chi connectivity index (χ1) is 12.6. The minimum Gasteiger partial charge on any atom is -0.479 e. The van der Waals surface area contributed by atoms with Gasteiger partial charge < -0.3 is 5.11 Å². The monoisotopic (exact) mass is 393 g/mol. The standard InChI is InChI=1S/C22H31NO3.ClH/c1-4-7-13-18-14-11-12-17-20(18)22(21(24)25,26-23(5-2)6-3)19-15-9-8-10-16-19;/h11-12,14,17,19H,4-6,8-10,15-16H2,1-3H3,(H,24,25);1H. The molecule has 2 rings (SSSR count). The first kappa shape index (κ1) is 23.5. The smallest absolute Gasteiger partial charge is 0.343 e. The average molecular weight is 394 g/mol. The van der Waals surface area contributed by atoms with Gasteiger partial charge in [-0.15, -0.1) is 12.4 Å². The van der Waals surface area contributed by atoms with Gasteiger partial charge in [0.1, 0.15) is 0 Å². The van der Waals surface area contributed by atoms with Crippen LogP contribution in [0, 0.1) is 17.8 Å². The van der Waals surface area contributed by atoms with Crippen molar-refractivity contribution < 1.29 is 14.7 Å². The lowest BCUT2D eigenvalue weighted by atomic mass is 9.72. The summed E-state index contributed by atoms with van der Waals surface area (Å²) in [5.41, 5.74) is 0.0626. The normalized spacial score (nSPS) is 16.7. The van der Waals surface area contributed by atoms with E-state index in [1.807, 2.05) is 45.0 Å². The molecule has 5 heteroatoms. The van der Waals surface area contributed by atoms with Gasteiger partial charge >= 0.3 is 5.97 Å². The third-order valence-electron chi connectivity index (χ3n) is 5.20. The van der Waals surface area contributed by atoms with Crippen molar-refractivity contribution in [3.05, 3.63) is 35.4 Å². The summed E-state index contributed by atoms with van der Waals surface area (Å²) in [6.45, 7) is 7.25. The number of hydrogen-bond donors (Lipinski definition) is 1. The van der Waals surface area contributed by atoms with E-state index >= 15 is 0 Å². The molecule has 0 aromatic heterocycles. The van der Waals surface area contributed by atoms with E-state index in [4.69, 9.17) is 4.84 Å². The van der Waals surface area contributed by atoms with Gasteiger partial charge in [-0.25, -0.2) is 4.79 Å². The highest BCUT2D eigenvalue weighted by atomic mass is 35.5. The molecule has 4 nitrogen and oxygen atoms in total. The van der Waals surface area contributed by atoms with Gasteiger partial charge in [0.15, 0.2) is 0 Å². The van der Waals surface area contributed by atoms with Crippen LogP contribution < -0.4 is 0 Å². The Morgan fingerprint density at radius 1 is 1.19 bits per heavy atom. The Morgan fingerprint density at radius 2 is 1.81 bits per heavy atom. The van der Waals surface area contributed by atoms with Crippen LogP contribution >= 0.6 is 12.4 Å². The van der Waals surface area contributed by atoms with Crippen molar-refractivity contribution in [1.82, 2.24) is 5.06 Å². The second-order valence-corrected chi connectivity index (χ2v) is 6.78. The van der Waals surface area contributed by atoms with E-state index in [0.717, 1.165) is 44.1 Å². The fourth-order valence-electron chi connectivity index (χ4n) is 3.84. The second-order valence-electron chi connectivity index (χ2n) is 6.78. The number of aliphatic carboxylic acids is 1. The number of halogens is 1. The Bertz CT molecular complexity index is 657. The first-order valence-corrected chi connectivity index (χ1v) is 9.85. The van der Waals surface area contributed by atoms with E-state index in [1.54, 1.807) is 5.06 Å². The molecule has 1 saturated carbocycles. The first-order valence-electron chi connectivity index (χ1n) is 9.85. The minimum atomic E-state index is -1.38. The van der Waals surface area contributed by atoms with Crippen LogP contribution in [-0.4, -0.2) is 29.2 Å². The molecule has 1 fully saturated rings. The zero-order valence-electron chi connectivity index (χ0n) is 16.7. The topological polar surface area (TPSA) is 49.8 Å². The van der Waals surface area contributed by atoms with Crippen LogP contribution in [-0.2, 0) is 15.2 Å². The maximum atomic E-state index is 12.7. The molecule has 0 saturated heterocycles. The molecule has 1 aromatic rings. The van der Waals surface area contributed by atoms with Gasteiger partial charge in [0, 0.05) is 36.6 Å². The van der Waals surface area contributed by atoms with Gasteiger partial charge in [0.2, 0.25) is 5.60 Å². The van der Waals surface area contributed by atoms with Gasteiger partial charge in [-0.1, -0.05) is 70.1 Å². The molecule has 1 aliphatic carbocycles. The van der Waals surface area contributed by atoms with Gasteiger partial charge in [-0.2, -0.15) is 5.06 Å². The van der Waals surface area contributed by atoms with Crippen LogP contribution in [0.1, 0.15) is 70.4 Å². The molecule has 0 spiro atoms. The molecule has 150 valence electrons. The van der Waals surface area contributed by atoms with E-state index in [1.165, 1.54) is 0 Å². The molecule has 0 bridgehead atoms. The Hall–Kier alpha value is -1.54. The Morgan fingerprint density at radius 3 is 2.37 bits per heavy atom. The van der Waals surface area contributed by atoms with Gasteiger partial charge in [0.25, 0.3) is 0 Å². The number of benzene rings is 1. The van der Waals surface area contributed by atoms with Crippen molar-refractivity contribution in [3.63, 3.8) is 0 Å². The summed E-state index contributed by atoms with van der Waals surface area (Å²) in [7, 11) is 0. The quantitative estimate of drug-likeness (QED) is 0.523.